The zero-order valence-corrected chi connectivity index (χ0v) is 9.18. The standard InChI is InChI=1S/C10H15N3O3/c1-7-6-8(16-10(11)14)12-13(7)9-4-2-3-5-15-9/h6,9H,2-5H2,1H3,(H2,11,14). The largest absolute Gasteiger partial charge is 0.411 e. The predicted octanol–water partition coefficient (Wildman–Crippen LogP) is 1.35. The second-order valence-corrected chi connectivity index (χ2v) is 3.81. The Morgan fingerprint density at radius 3 is 3.12 bits per heavy atom. The third-order valence-electron chi connectivity index (χ3n) is 2.53. The third-order valence-corrected chi connectivity index (χ3v) is 2.53. The second-order valence-electron chi connectivity index (χ2n) is 3.81. The summed E-state index contributed by atoms with van der Waals surface area (Å²) in [5, 5.41) is 4.14. The van der Waals surface area contributed by atoms with Gasteiger partial charge in [-0.05, 0) is 26.2 Å². The van der Waals surface area contributed by atoms with Gasteiger partial charge in [-0.15, -0.1) is 5.10 Å². The molecule has 1 atom stereocenters. The first kappa shape index (κ1) is 10.9. The highest BCUT2D eigenvalue weighted by Crippen LogP contribution is 2.25. The van der Waals surface area contributed by atoms with E-state index >= 15 is 0 Å². The topological polar surface area (TPSA) is 79.4 Å². The molecule has 2 rings (SSSR count). The van der Waals surface area contributed by atoms with Crippen molar-refractivity contribution in [3.8, 4) is 5.88 Å². The lowest BCUT2D eigenvalue weighted by molar-refractivity contribution is -0.0410. The summed E-state index contributed by atoms with van der Waals surface area (Å²) < 4.78 is 12.0. The Hall–Kier alpha value is -1.56. The number of primary amides is 1. The van der Waals surface area contributed by atoms with Crippen molar-refractivity contribution in [1.29, 1.82) is 0 Å². The van der Waals surface area contributed by atoms with E-state index in [1.165, 1.54) is 0 Å². The average Bonchev–Trinajstić information content (AvgIpc) is 2.60. The number of carbonyl (C=O) groups is 1. The van der Waals surface area contributed by atoms with Crippen molar-refractivity contribution >= 4 is 6.09 Å². The van der Waals surface area contributed by atoms with E-state index in [0.717, 1.165) is 31.6 Å². The van der Waals surface area contributed by atoms with E-state index in [1.807, 2.05) is 6.92 Å². The number of nitrogens with two attached hydrogens (primary N) is 1. The molecule has 0 bridgehead atoms. The molecule has 1 saturated heterocycles. The summed E-state index contributed by atoms with van der Waals surface area (Å²) in [6.45, 7) is 2.63. The van der Waals surface area contributed by atoms with Gasteiger partial charge in [0, 0.05) is 18.4 Å². The molecule has 0 spiro atoms. The fourth-order valence-corrected chi connectivity index (χ4v) is 1.82. The van der Waals surface area contributed by atoms with Crippen LogP contribution >= 0.6 is 0 Å². The molecule has 1 aliphatic heterocycles. The highest BCUT2D eigenvalue weighted by Gasteiger charge is 2.19. The molecule has 0 saturated carbocycles. The lowest BCUT2D eigenvalue weighted by Gasteiger charge is -2.23. The molecule has 1 unspecified atom stereocenters. The molecule has 2 N–H and O–H groups in total. The number of ether oxygens (including phenoxy) is 2. The van der Waals surface area contributed by atoms with Crippen molar-refractivity contribution in [1.82, 2.24) is 9.78 Å². The van der Waals surface area contributed by atoms with Crippen LogP contribution in [0.1, 0.15) is 31.2 Å². The second kappa shape index (κ2) is 4.52. The van der Waals surface area contributed by atoms with Crippen LogP contribution in [0, 0.1) is 6.92 Å². The lowest BCUT2D eigenvalue weighted by Crippen LogP contribution is -2.21. The van der Waals surface area contributed by atoms with E-state index in [4.69, 9.17) is 15.2 Å². The van der Waals surface area contributed by atoms with Crippen LogP contribution < -0.4 is 10.5 Å². The van der Waals surface area contributed by atoms with Gasteiger partial charge in [0.1, 0.15) is 0 Å². The summed E-state index contributed by atoms with van der Waals surface area (Å²) >= 11 is 0. The number of aryl methyl sites for hydroxylation is 1. The minimum Gasteiger partial charge on any atom is -0.390 e. The maximum atomic E-state index is 10.6. The molecule has 88 valence electrons. The summed E-state index contributed by atoms with van der Waals surface area (Å²) in [5.41, 5.74) is 5.81. The number of rotatable bonds is 2. The minimum atomic E-state index is -0.853. The van der Waals surface area contributed by atoms with Gasteiger partial charge in [-0.2, -0.15) is 0 Å². The third kappa shape index (κ3) is 2.33. The maximum Gasteiger partial charge on any atom is 0.411 e. The Bertz CT molecular complexity index is 383. The highest BCUT2D eigenvalue weighted by molar-refractivity contribution is 5.67. The van der Waals surface area contributed by atoms with Crippen LogP contribution in [-0.4, -0.2) is 22.5 Å². The van der Waals surface area contributed by atoms with Crippen LogP contribution in [-0.2, 0) is 4.74 Å². The number of hydrogen-bond acceptors (Lipinski definition) is 4. The number of aromatic nitrogens is 2. The maximum absolute atomic E-state index is 10.6. The van der Waals surface area contributed by atoms with Crippen LogP contribution in [0.25, 0.3) is 0 Å². The number of amides is 1. The van der Waals surface area contributed by atoms with E-state index < -0.39 is 6.09 Å². The van der Waals surface area contributed by atoms with E-state index in [9.17, 15) is 4.79 Å². The molecule has 1 fully saturated rings. The van der Waals surface area contributed by atoms with Gasteiger partial charge in [0.25, 0.3) is 0 Å². The monoisotopic (exact) mass is 225 g/mol. The van der Waals surface area contributed by atoms with Crippen LogP contribution in [0.5, 0.6) is 5.88 Å². The van der Waals surface area contributed by atoms with E-state index in [-0.39, 0.29) is 12.1 Å². The summed E-state index contributed by atoms with van der Waals surface area (Å²) in [5.74, 6) is 0.221. The van der Waals surface area contributed by atoms with Crippen molar-refractivity contribution in [3.05, 3.63) is 11.8 Å². The zero-order chi connectivity index (χ0) is 11.5. The SMILES string of the molecule is Cc1cc(OC(N)=O)nn1C1CCCCO1. The molecular weight excluding hydrogens is 210 g/mol. The van der Waals surface area contributed by atoms with Gasteiger partial charge >= 0.3 is 6.09 Å². The smallest absolute Gasteiger partial charge is 0.390 e. The van der Waals surface area contributed by atoms with Crippen LogP contribution in [0.3, 0.4) is 0 Å². The normalized spacial score (nSPS) is 20.7. The molecule has 2 heterocycles. The minimum absolute atomic E-state index is 0.0565. The molecule has 1 aliphatic rings. The van der Waals surface area contributed by atoms with Crippen molar-refractivity contribution in [2.24, 2.45) is 5.73 Å². The first-order valence-corrected chi connectivity index (χ1v) is 5.32. The molecule has 6 heteroatoms. The summed E-state index contributed by atoms with van der Waals surface area (Å²) in [6.07, 6.45) is 2.23. The van der Waals surface area contributed by atoms with Gasteiger partial charge in [0.05, 0.1) is 0 Å². The quantitative estimate of drug-likeness (QED) is 0.823. The van der Waals surface area contributed by atoms with Gasteiger partial charge in [-0.25, -0.2) is 9.48 Å². The van der Waals surface area contributed by atoms with Gasteiger partial charge in [0.2, 0.25) is 5.88 Å². The lowest BCUT2D eigenvalue weighted by atomic mass is 10.2. The molecule has 1 aromatic rings. The van der Waals surface area contributed by atoms with E-state index in [2.05, 4.69) is 5.10 Å². The average molecular weight is 225 g/mol. The molecule has 0 aliphatic carbocycles. The Balaban J connectivity index is 2.13. The first-order valence-electron chi connectivity index (χ1n) is 5.32. The van der Waals surface area contributed by atoms with Crippen molar-refractivity contribution in [2.75, 3.05) is 6.61 Å². The van der Waals surface area contributed by atoms with Gasteiger partial charge < -0.3 is 15.2 Å². The van der Waals surface area contributed by atoms with E-state index in [0.29, 0.717) is 0 Å². The molecule has 0 radical (unpaired) electrons. The number of nitrogens with zero attached hydrogens (tertiary/aromatic N) is 2. The Kier molecular flexibility index (Phi) is 3.09. The molecule has 1 aromatic heterocycles. The van der Waals surface area contributed by atoms with Crippen LogP contribution in [0.2, 0.25) is 0 Å². The number of carbonyl (C=O) groups excluding carboxylic acids is 1. The fourth-order valence-electron chi connectivity index (χ4n) is 1.82. The van der Waals surface area contributed by atoms with Crippen LogP contribution in [0.4, 0.5) is 4.79 Å². The summed E-state index contributed by atoms with van der Waals surface area (Å²) in [4.78, 5) is 10.6. The zero-order valence-electron chi connectivity index (χ0n) is 9.18. The highest BCUT2D eigenvalue weighted by atomic mass is 16.6. The molecular formula is C10H15N3O3. The van der Waals surface area contributed by atoms with Gasteiger partial charge in [0.15, 0.2) is 6.23 Å². The van der Waals surface area contributed by atoms with Crippen molar-refractivity contribution in [2.45, 2.75) is 32.4 Å². The fraction of sp³-hybridized carbons (Fsp3) is 0.600. The summed E-state index contributed by atoms with van der Waals surface area (Å²) in [6, 6.07) is 1.67. The van der Waals surface area contributed by atoms with Gasteiger partial charge in [-0.1, -0.05) is 0 Å². The number of hydrogen-bond donors (Lipinski definition) is 1. The molecule has 6 nitrogen and oxygen atoms in total. The van der Waals surface area contributed by atoms with Gasteiger partial charge in [-0.3, -0.25) is 0 Å². The molecule has 0 aromatic carbocycles. The Morgan fingerprint density at radius 1 is 1.69 bits per heavy atom. The van der Waals surface area contributed by atoms with Crippen LogP contribution in [0.15, 0.2) is 6.07 Å². The molecule has 16 heavy (non-hydrogen) atoms. The van der Waals surface area contributed by atoms with E-state index in [1.54, 1.807) is 10.7 Å². The molecule has 1 amide bonds. The Morgan fingerprint density at radius 2 is 2.50 bits per heavy atom. The summed E-state index contributed by atoms with van der Waals surface area (Å²) in [7, 11) is 0. The van der Waals surface area contributed by atoms with Crippen molar-refractivity contribution < 1.29 is 14.3 Å². The van der Waals surface area contributed by atoms with Crippen molar-refractivity contribution in [3.63, 3.8) is 0 Å². The Labute approximate surface area is 93.3 Å². The predicted molar refractivity (Wildman–Crippen MR) is 56.0 cm³/mol. The first-order chi connectivity index (χ1) is 7.66.